The number of carbonyl (C=O) groups excluding carboxylic acids is 6. The van der Waals surface area contributed by atoms with Crippen molar-refractivity contribution < 1.29 is 47.7 Å². The molecule has 5 amide bonds. The van der Waals surface area contributed by atoms with E-state index in [4.69, 9.17) is 18.9 Å². The maximum absolute atomic E-state index is 14.1. The molecule has 0 saturated carbocycles. The highest BCUT2D eigenvalue weighted by Gasteiger charge is 2.36. The Hall–Kier alpha value is -6.30. The van der Waals surface area contributed by atoms with Crippen molar-refractivity contribution in [3.8, 4) is 46.7 Å². The molecule has 0 aliphatic carbocycles. The summed E-state index contributed by atoms with van der Waals surface area (Å²) < 4.78 is 21.6. The van der Waals surface area contributed by atoms with E-state index in [1.165, 1.54) is 28.4 Å². The number of Topliss-reactive ketones (excluding diaryl/α,β-unsaturated/α-hetero) is 1. The molecular formula is C47H63N7O10. The highest BCUT2D eigenvalue weighted by molar-refractivity contribution is 6.01. The second-order valence-corrected chi connectivity index (χ2v) is 15.6. The van der Waals surface area contributed by atoms with Crippen LogP contribution in [0.1, 0.15) is 85.9 Å². The molecule has 0 unspecified atom stereocenters. The van der Waals surface area contributed by atoms with Crippen LogP contribution in [0.25, 0.3) is 0 Å². The summed E-state index contributed by atoms with van der Waals surface area (Å²) in [6, 6.07) is 6.44. The lowest BCUT2D eigenvalue weighted by atomic mass is 10.00. The zero-order valence-electron chi connectivity index (χ0n) is 38.2. The molecule has 2 heterocycles. The quantitative estimate of drug-likeness (QED) is 0.0904. The van der Waals surface area contributed by atoms with Gasteiger partial charge in [0.05, 0.1) is 40.5 Å². The first-order valence-electron chi connectivity index (χ1n) is 21.6. The van der Waals surface area contributed by atoms with Crippen LogP contribution in [0.2, 0.25) is 0 Å². The van der Waals surface area contributed by atoms with Crippen LogP contribution in [0.3, 0.4) is 0 Å². The lowest BCUT2D eigenvalue weighted by Gasteiger charge is -2.29. The predicted molar refractivity (Wildman–Crippen MR) is 240 cm³/mol. The van der Waals surface area contributed by atoms with Crippen LogP contribution in [0.5, 0.6) is 23.0 Å². The molecule has 2 aromatic carbocycles. The highest BCUT2D eigenvalue weighted by Crippen LogP contribution is 2.32. The van der Waals surface area contributed by atoms with E-state index in [2.05, 4.69) is 50.3 Å². The van der Waals surface area contributed by atoms with Crippen LogP contribution >= 0.6 is 0 Å². The van der Waals surface area contributed by atoms with Gasteiger partial charge in [0.2, 0.25) is 23.6 Å². The molecule has 2 saturated heterocycles. The van der Waals surface area contributed by atoms with Crippen LogP contribution in [0, 0.1) is 23.7 Å². The molecule has 6 atom stereocenters. The van der Waals surface area contributed by atoms with E-state index in [-0.39, 0.29) is 67.0 Å². The minimum atomic E-state index is -1.01. The van der Waals surface area contributed by atoms with Crippen molar-refractivity contribution in [1.82, 2.24) is 36.4 Å². The van der Waals surface area contributed by atoms with E-state index in [1.54, 1.807) is 74.1 Å². The topological polar surface area (TPSA) is 206 Å². The van der Waals surface area contributed by atoms with Gasteiger partial charge in [-0.25, -0.2) is 0 Å². The summed E-state index contributed by atoms with van der Waals surface area (Å²) in [4.78, 5) is 84.3. The minimum Gasteiger partial charge on any atom is -0.496 e. The van der Waals surface area contributed by atoms with Gasteiger partial charge >= 0.3 is 0 Å². The molecular weight excluding hydrogens is 823 g/mol. The number of carbonyl (C=O) groups is 6. The maximum Gasteiger partial charge on any atom is 0.258 e. The Balaban J connectivity index is 1.46. The largest absolute Gasteiger partial charge is 0.496 e. The first-order chi connectivity index (χ1) is 30.8. The molecule has 346 valence electrons. The van der Waals surface area contributed by atoms with Gasteiger partial charge in [0.15, 0.2) is 5.78 Å². The Morgan fingerprint density at radius 3 is 1.52 bits per heavy atom. The summed E-state index contributed by atoms with van der Waals surface area (Å²) in [5, 5.41) is 14.3. The Morgan fingerprint density at radius 2 is 1.08 bits per heavy atom. The van der Waals surface area contributed by atoms with Crippen LogP contribution in [0.15, 0.2) is 36.4 Å². The van der Waals surface area contributed by atoms with E-state index >= 15 is 0 Å². The minimum absolute atomic E-state index is 0.0447. The summed E-state index contributed by atoms with van der Waals surface area (Å²) in [5.74, 6) is 10.9. The van der Waals surface area contributed by atoms with Gasteiger partial charge < -0.3 is 55.3 Å². The lowest BCUT2D eigenvalue weighted by molar-refractivity contribution is -0.137. The van der Waals surface area contributed by atoms with Crippen molar-refractivity contribution in [2.24, 2.45) is 0 Å². The van der Waals surface area contributed by atoms with Crippen molar-refractivity contribution in [3.05, 3.63) is 47.5 Å². The summed E-state index contributed by atoms with van der Waals surface area (Å²) in [6.45, 7) is 4.40. The SMILES string of the molecule is CN[C@@H](C)C(=O)N[C@@H](CC#CC#CC[C@H](NC(=O)[C@H](C)NC)C(=O)N1CCC[C@H]1CNC(=O)c1c(OC)cccc1OC)C(=O)N1CCC[C@H]1CCC(=O)c1c(OC)cccc1OC. The molecule has 2 aliphatic heterocycles. The second-order valence-electron chi connectivity index (χ2n) is 15.6. The number of nitrogens with zero attached hydrogens (tertiary/aromatic N) is 2. The number of hydrogen-bond donors (Lipinski definition) is 5. The molecule has 5 N–H and O–H groups in total. The lowest BCUT2D eigenvalue weighted by Crippen LogP contribution is -2.54. The number of nitrogens with one attached hydrogen (secondary N) is 5. The maximum atomic E-state index is 14.1. The fraction of sp³-hybridized carbons (Fsp3) is 0.532. The normalized spacial score (nSPS) is 17.2. The second kappa shape index (κ2) is 25.1. The average Bonchev–Trinajstić information content (AvgIpc) is 4.01. The molecule has 2 aliphatic rings. The first-order valence-corrected chi connectivity index (χ1v) is 21.6. The van der Waals surface area contributed by atoms with E-state index in [0.717, 1.165) is 6.42 Å². The first kappa shape index (κ1) is 50.3. The number of ether oxygens (including phenoxy) is 4. The molecule has 0 radical (unpaired) electrons. The molecule has 2 fully saturated rings. The summed E-state index contributed by atoms with van der Waals surface area (Å²) in [7, 11) is 9.19. The highest BCUT2D eigenvalue weighted by atomic mass is 16.5. The number of benzene rings is 2. The molecule has 64 heavy (non-hydrogen) atoms. The zero-order chi connectivity index (χ0) is 46.8. The standard InChI is InChI=1S/C47H63N7O10/c1-30(48-3)43(56)51-34(46(59)53-27-15-17-32(53)25-26-36(55)41-37(61-5)21-13-22-38(41)62-6)19-11-9-10-12-20-35(52-44(57)31(2)49-4)47(60)54-28-16-18-33(54)29-50-45(58)42-39(63-7)23-14-24-40(42)64-8/h13-14,21-24,30-35,48-49H,15-20,25-29H2,1-8H3,(H,50,58)(H,51,56)(H,52,57)/t30-,31-,32-,33-,34-,35-/m0/s1. The van der Waals surface area contributed by atoms with Gasteiger partial charge in [-0.1, -0.05) is 24.0 Å². The Labute approximate surface area is 376 Å². The molecule has 4 rings (SSSR count). The number of ketones is 1. The van der Waals surface area contributed by atoms with E-state index in [0.29, 0.717) is 67.3 Å². The molecule has 0 aromatic heterocycles. The summed E-state index contributed by atoms with van der Waals surface area (Å²) in [5.41, 5.74) is 0.594. The van der Waals surface area contributed by atoms with Crippen LogP contribution in [0.4, 0.5) is 0 Å². The number of rotatable bonds is 21. The molecule has 0 spiro atoms. The van der Waals surface area contributed by atoms with Gasteiger partial charge in [-0.2, -0.15) is 0 Å². The fourth-order valence-electron chi connectivity index (χ4n) is 7.74. The van der Waals surface area contributed by atoms with Crippen LogP contribution < -0.4 is 45.5 Å². The third kappa shape index (κ3) is 13.1. The Morgan fingerprint density at radius 1 is 0.656 bits per heavy atom. The van der Waals surface area contributed by atoms with Crippen molar-refractivity contribution >= 4 is 35.3 Å². The van der Waals surface area contributed by atoms with Crippen molar-refractivity contribution in [2.45, 2.75) is 101 Å². The smallest absolute Gasteiger partial charge is 0.258 e. The van der Waals surface area contributed by atoms with Crippen LogP contribution in [-0.4, -0.2) is 144 Å². The average molecular weight is 886 g/mol. The van der Waals surface area contributed by atoms with Gasteiger partial charge in [-0.15, -0.1) is 0 Å². The van der Waals surface area contributed by atoms with Gasteiger partial charge in [-0.05, 0) is 96.2 Å². The predicted octanol–water partition coefficient (Wildman–Crippen LogP) is 2.07. The van der Waals surface area contributed by atoms with E-state index < -0.39 is 36.0 Å². The van der Waals surface area contributed by atoms with Crippen molar-refractivity contribution in [1.29, 1.82) is 0 Å². The third-order valence-electron chi connectivity index (χ3n) is 11.6. The summed E-state index contributed by atoms with van der Waals surface area (Å²) >= 11 is 0. The molecule has 17 nitrogen and oxygen atoms in total. The number of hydrogen-bond acceptors (Lipinski definition) is 12. The van der Waals surface area contributed by atoms with Gasteiger partial charge in [0.25, 0.3) is 5.91 Å². The molecule has 2 aromatic rings. The Bertz CT molecular complexity index is 1920. The summed E-state index contributed by atoms with van der Waals surface area (Å²) in [6.07, 6.45) is 3.23. The number of likely N-dealkylation sites (tertiary alicyclic amines) is 2. The van der Waals surface area contributed by atoms with E-state index in [9.17, 15) is 28.8 Å². The van der Waals surface area contributed by atoms with Gasteiger partial charge in [-0.3, -0.25) is 28.8 Å². The fourth-order valence-corrected chi connectivity index (χ4v) is 7.74. The number of amides is 5. The third-order valence-corrected chi connectivity index (χ3v) is 11.6. The Kier molecular flexibility index (Phi) is 19.8. The number of likely N-dealkylation sites (N-methyl/N-ethyl adjacent to an activating group) is 2. The molecule has 0 bridgehead atoms. The van der Waals surface area contributed by atoms with Crippen molar-refractivity contribution in [2.75, 3.05) is 62.2 Å². The monoisotopic (exact) mass is 885 g/mol. The zero-order valence-corrected chi connectivity index (χ0v) is 38.2. The van der Waals surface area contributed by atoms with Gasteiger partial charge in [0.1, 0.15) is 46.2 Å². The van der Waals surface area contributed by atoms with Crippen molar-refractivity contribution in [3.63, 3.8) is 0 Å². The van der Waals surface area contributed by atoms with Crippen LogP contribution in [-0.2, 0) is 19.2 Å². The van der Waals surface area contributed by atoms with E-state index in [1.807, 2.05) is 0 Å². The number of methoxy groups -OCH3 is 4. The van der Waals surface area contributed by atoms with Gasteiger partial charge in [0, 0.05) is 51.0 Å². The molecule has 17 heteroatoms.